The van der Waals surface area contributed by atoms with Gasteiger partial charge in [0.2, 0.25) is 0 Å². The van der Waals surface area contributed by atoms with Gasteiger partial charge in [0.25, 0.3) is 0 Å². The second kappa shape index (κ2) is 13.3. The van der Waals surface area contributed by atoms with Crippen LogP contribution in [-0.2, 0) is 18.9 Å². The van der Waals surface area contributed by atoms with Crippen LogP contribution in [0.4, 0.5) is 0 Å². The zero-order valence-corrected chi connectivity index (χ0v) is 28.3. The number of aliphatic hydroxyl groups excluding tert-OH is 5. The van der Waals surface area contributed by atoms with Crippen molar-refractivity contribution < 1.29 is 49.6 Å². The lowest BCUT2D eigenvalue weighted by Gasteiger charge is -2.64. The van der Waals surface area contributed by atoms with Crippen molar-refractivity contribution in [2.24, 2.45) is 46.3 Å². The van der Waals surface area contributed by atoms with Gasteiger partial charge in [0.15, 0.2) is 6.29 Å². The van der Waals surface area contributed by atoms with Gasteiger partial charge in [-0.15, -0.1) is 0 Å². The van der Waals surface area contributed by atoms with Gasteiger partial charge in [-0.25, -0.2) is 0 Å². The Kier molecular flexibility index (Phi) is 10.6. The van der Waals surface area contributed by atoms with Gasteiger partial charge in [0.05, 0.1) is 36.6 Å². The van der Waals surface area contributed by atoms with Crippen LogP contribution in [-0.4, -0.2) is 113 Å². The summed E-state index contributed by atoms with van der Waals surface area (Å²) in [4.78, 5) is 0. The molecule has 0 bridgehead atoms. The average Bonchev–Trinajstić information content (AvgIpc) is 3.21. The van der Waals surface area contributed by atoms with Gasteiger partial charge in [-0.05, 0) is 71.7 Å². The first-order valence-electron chi connectivity index (χ1n) is 17.3. The molecule has 0 aromatic rings. The fourth-order valence-corrected chi connectivity index (χ4v) is 10.8. The number of ether oxygens (including phenoxy) is 4. The second-order valence-corrected chi connectivity index (χ2v) is 15.9. The molecule has 10 nitrogen and oxygen atoms in total. The summed E-state index contributed by atoms with van der Waals surface area (Å²) in [5.41, 5.74) is -1.47. The van der Waals surface area contributed by atoms with Crippen LogP contribution in [0.1, 0.15) is 79.6 Å². The topological polar surface area (TPSA) is 158 Å². The second-order valence-electron chi connectivity index (χ2n) is 15.9. The molecule has 45 heavy (non-hydrogen) atoms. The lowest BCUT2D eigenvalue weighted by Crippen LogP contribution is -2.66. The van der Waals surface area contributed by atoms with E-state index >= 15 is 0 Å². The molecule has 0 aromatic carbocycles. The fraction of sp³-hybridized carbons (Fsp3) is 0.943. The van der Waals surface area contributed by atoms with E-state index in [9.17, 15) is 30.6 Å². The van der Waals surface area contributed by atoms with E-state index in [0.29, 0.717) is 18.8 Å². The number of rotatable bonds is 10. The SMILES string of the molecule is COC1C(O)COC(O[C@@H]2C=C3[C@H](O)C[C@]4(O)C(CC[C@@]5(C)C4[C@@H](O)[C@H](O)[C@@H]5[C@H](C)CCC(C)C(C)CO)[C@@]3(C)CC2)C1OC. The van der Waals surface area contributed by atoms with Crippen LogP contribution < -0.4 is 0 Å². The molecule has 1 heterocycles. The molecule has 0 spiro atoms. The van der Waals surface area contributed by atoms with Gasteiger partial charge in [-0.3, -0.25) is 0 Å². The predicted octanol–water partition coefficient (Wildman–Crippen LogP) is 2.41. The van der Waals surface area contributed by atoms with Crippen molar-refractivity contribution in [1.29, 1.82) is 0 Å². The van der Waals surface area contributed by atoms with Crippen molar-refractivity contribution in [3.63, 3.8) is 0 Å². The molecule has 10 heteroatoms. The van der Waals surface area contributed by atoms with Crippen LogP contribution in [0.3, 0.4) is 0 Å². The number of fused-ring (bicyclic) bond motifs is 5. The molecule has 4 aliphatic carbocycles. The molecular weight excluding hydrogens is 580 g/mol. The van der Waals surface area contributed by atoms with Crippen molar-refractivity contribution in [1.82, 2.24) is 0 Å². The van der Waals surface area contributed by atoms with Crippen LogP contribution in [0.5, 0.6) is 0 Å². The zero-order valence-electron chi connectivity index (χ0n) is 28.3. The monoisotopic (exact) mass is 640 g/mol. The molecule has 1 aliphatic heterocycles. The minimum Gasteiger partial charge on any atom is -0.396 e. The summed E-state index contributed by atoms with van der Waals surface area (Å²) in [7, 11) is 3.06. The smallest absolute Gasteiger partial charge is 0.187 e. The molecule has 3 saturated carbocycles. The van der Waals surface area contributed by atoms with E-state index in [1.807, 2.05) is 6.08 Å². The molecule has 4 fully saturated rings. The summed E-state index contributed by atoms with van der Waals surface area (Å²) in [6, 6.07) is 0. The molecule has 5 rings (SSSR count). The van der Waals surface area contributed by atoms with Gasteiger partial charge < -0.3 is 49.6 Å². The van der Waals surface area contributed by atoms with Gasteiger partial charge >= 0.3 is 0 Å². The van der Waals surface area contributed by atoms with Gasteiger partial charge in [-0.2, -0.15) is 0 Å². The maximum Gasteiger partial charge on any atom is 0.187 e. The summed E-state index contributed by atoms with van der Waals surface area (Å²) in [6.07, 6.45) is 0.645. The number of hydrogen-bond acceptors (Lipinski definition) is 10. The summed E-state index contributed by atoms with van der Waals surface area (Å²) < 4.78 is 23.2. The maximum absolute atomic E-state index is 12.7. The van der Waals surface area contributed by atoms with E-state index in [0.717, 1.165) is 31.3 Å². The molecule has 17 atom stereocenters. The van der Waals surface area contributed by atoms with Crippen LogP contribution in [0, 0.1) is 46.3 Å². The maximum atomic E-state index is 12.7. The van der Waals surface area contributed by atoms with Crippen LogP contribution in [0.2, 0.25) is 0 Å². The van der Waals surface area contributed by atoms with Crippen LogP contribution >= 0.6 is 0 Å². The van der Waals surface area contributed by atoms with Crippen molar-refractivity contribution in [3.05, 3.63) is 11.6 Å². The Morgan fingerprint density at radius 1 is 0.933 bits per heavy atom. The fourth-order valence-electron chi connectivity index (χ4n) is 10.8. The van der Waals surface area contributed by atoms with Gasteiger partial charge in [0, 0.05) is 33.2 Å². The van der Waals surface area contributed by atoms with E-state index in [-0.39, 0.29) is 49.4 Å². The molecule has 0 amide bonds. The normalized spacial score (nSPS) is 50.2. The van der Waals surface area contributed by atoms with Gasteiger partial charge in [0.1, 0.15) is 18.3 Å². The Bertz CT molecular complexity index is 1060. The first-order valence-corrected chi connectivity index (χ1v) is 17.3. The minimum absolute atomic E-state index is 0.0660. The Hall–Kier alpha value is -0.660. The van der Waals surface area contributed by atoms with E-state index in [2.05, 4.69) is 34.6 Å². The third-order valence-corrected chi connectivity index (χ3v) is 13.5. The zero-order chi connectivity index (χ0) is 33.1. The first-order chi connectivity index (χ1) is 21.2. The minimum atomic E-state index is -1.34. The molecule has 1 saturated heterocycles. The lowest BCUT2D eigenvalue weighted by atomic mass is 9.43. The predicted molar refractivity (Wildman–Crippen MR) is 167 cm³/mol. The molecule has 8 unspecified atom stereocenters. The Balaban J connectivity index is 1.36. The number of aliphatic hydroxyl groups is 6. The summed E-state index contributed by atoms with van der Waals surface area (Å²) in [5, 5.41) is 67.5. The summed E-state index contributed by atoms with van der Waals surface area (Å²) >= 11 is 0. The quantitative estimate of drug-likeness (QED) is 0.196. The highest BCUT2D eigenvalue weighted by atomic mass is 16.7. The molecular formula is C35H60O10. The molecule has 6 N–H and O–H groups in total. The Morgan fingerprint density at radius 2 is 1.62 bits per heavy atom. The van der Waals surface area contributed by atoms with E-state index in [4.69, 9.17) is 18.9 Å². The van der Waals surface area contributed by atoms with Crippen LogP contribution in [0.25, 0.3) is 0 Å². The Morgan fingerprint density at radius 3 is 2.27 bits per heavy atom. The van der Waals surface area contributed by atoms with E-state index in [1.54, 1.807) is 0 Å². The third kappa shape index (κ3) is 5.87. The van der Waals surface area contributed by atoms with Crippen LogP contribution in [0.15, 0.2) is 11.6 Å². The molecule has 5 aliphatic rings. The van der Waals surface area contributed by atoms with Crippen molar-refractivity contribution in [2.75, 3.05) is 27.4 Å². The Labute approximate surface area is 269 Å². The van der Waals surface area contributed by atoms with Crippen molar-refractivity contribution >= 4 is 0 Å². The molecule has 260 valence electrons. The van der Waals surface area contributed by atoms with E-state index in [1.165, 1.54) is 14.2 Å². The largest absolute Gasteiger partial charge is 0.396 e. The van der Waals surface area contributed by atoms with Crippen molar-refractivity contribution in [3.8, 4) is 0 Å². The highest BCUT2D eigenvalue weighted by Crippen LogP contribution is 2.69. The molecule has 0 radical (unpaired) electrons. The highest BCUT2D eigenvalue weighted by Gasteiger charge is 2.72. The molecule has 0 aromatic heterocycles. The summed E-state index contributed by atoms with van der Waals surface area (Å²) in [6.45, 7) is 10.8. The van der Waals surface area contributed by atoms with E-state index < -0.39 is 65.3 Å². The highest BCUT2D eigenvalue weighted by molar-refractivity contribution is 5.33. The number of methoxy groups -OCH3 is 2. The van der Waals surface area contributed by atoms with Crippen molar-refractivity contribution in [2.45, 2.75) is 134 Å². The average molecular weight is 641 g/mol. The first kappa shape index (κ1) is 35.6. The van der Waals surface area contributed by atoms with Gasteiger partial charge in [-0.1, -0.05) is 53.5 Å². The third-order valence-electron chi connectivity index (χ3n) is 13.5. The summed E-state index contributed by atoms with van der Waals surface area (Å²) in [5.74, 6) is -0.246. The number of hydrogen-bond donors (Lipinski definition) is 6. The lowest BCUT2D eigenvalue weighted by molar-refractivity contribution is -0.289. The standard InChI is InChI=1S/C35H60O10/c1-18(20(3)16-36)8-9-19(2)26-27(39)28(40)31-34(26,5)13-11-25-33(4)12-10-21(14-22(33)23(37)15-35(25,31)41)45-32-30(43-7)29(42-6)24(38)17-44-32/h14,18-21,23-32,36-41H,8-13,15-17H2,1-7H3/t18?,19-,20?,21+,23-,24?,25?,26+,27-,28+,29?,30?,31?,32?,33+,34-,35+/m1/s1.